The number of piperidine rings is 1. The highest BCUT2D eigenvalue weighted by Crippen LogP contribution is 2.23. The molecule has 2 rings (SSSR count). The fourth-order valence-corrected chi connectivity index (χ4v) is 2.48. The predicted octanol–water partition coefficient (Wildman–Crippen LogP) is 4.75. The molecule has 1 fully saturated rings. The van der Waals surface area contributed by atoms with Crippen molar-refractivity contribution in [2.24, 2.45) is 5.92 Å². The third-order valence-corrected chi connectivity index (χ3v) is 3.68. The van der Waals surface area contributed by atoms with Gasteiger partial charge < -0.3 is 5.32 Å². The first kappa shape index (κ1) is 14.7. The van der Waals surface area contributed by atoms with E-state index in [0.717, 1.165) is 28.1 Å². The highest BCUT2D eigenvalue weighted by Gasteiger charge is 2.09. The molecule has 94 valence electrons. The Hall–Kier alpha value is -0.310. The van der Waals surface area contributed by atoms with Gasteiger partial charge in [-0.15, -0.1) is 0 Å². The molecule has 1 N–H and O–H groups in total. The summed E-state index contributed by atoms with van der Waals surface area (Å²) < 4.78 is 1.07. The van der Waals surface area contributed by atoms with Gasteiger partial charge in [-0.1, -0.05) is 47.1 Å². The summed E-state index contributed by atoms with van der Waals surface area (Å²) in [5.74, 6) is 0.642. The van der Waals surface area contributed by atoms with Crippen LogP contribution in [0.4, 0.5) is 0 Å². The maximum absolute atomic E-state index is 6.13. The molecule has 1 heterocycles. The third-order valence-electron chi connectivity index (χ3n) is 2.84. The molecule has 1 saturated heterocycles. The standard InChI is InChI=1S/C13H15BrClN.CH4/c14-12-5-6-13(15)11(8-12)4-3-10-2-1-7-16-9-10;/h3-6,8,10,16H,1-2,7,9H2;1H4/b4-3+;. The molecule has 0 aromatic heterocycles. The molecule has 1 unspecified atom stereocenters. The van der Waals surface area contributed by atoms with Gasteiger partial charge in [0.1, 0.15) is 0 Å². The van der Waals surface area contributed by atoms with Gasteiger partial charge in [0.05, 0.1) is 0 Å². The number of halogens is 2. The molecule has 0 aliphatic carbocycles. The SMILES string of the molecule is C.Clc1ccc(Br)cc1/C=C/C1CCCNC1. The van der Waals surface area contributed by atoms with Crippen molar-refractivity contribution in [3.8, 4) is 0 Å². The van der Waals surface area contributed by atoms with Gasteiger partial charge in [0, 0.05) is 16.0 Å². The minimum absolute atomic E-state index is 0. The first-order valence-electron chi connectivity index (χ1n) is 5.59. The minimum Gasteiger partial charge on any atom is -0.316 e. The van der Waals surface area contributed by atoms with E-state index in [1.54, 1.807) is 0 Å². The van der Waals surface area contributed by atoms with Crippen LogP contribution in [0.1, 0.15) is 25.8 Å². The Morgan fingerprint density at radius 2 is 2.24 bits per heavy atom. The van der Waals surface area contributed by atoms with Crippen molar-refractivity contribution in [1.29, 1.82) is 0 Å². The van der Waals surface area contributed by atoms with E-state index in [-0.39, 0.29) is 7.43 Å². The molecule has 1 nitrogen and oxygen atoms in total. The second-order valence-corrected chi connectivity index (χ2v) is 5.45. The molecule has 0 bridgehead atoms. The van der Waals surface area contributed by atoms with E-state index in [4.69, 9.17) is 11.6 Å². The van der Waals surface area contributed by atoms with Crippen LogP contribution in [0.2, 0.25) is 5.02 Å². The number of rotatable bonds is 2. The number of hydrogen-bond donors (Lipinski definition) is 1. The van der Waals surface area contributed by atoms with Gasteiger partial charge in [-0.3, -0.25) is 0 Å². The lowest BCUT2D eigenvalue weighted by molar-refractivity contribution is 0.439. The van der Waals surface area contributed by atoms with Gasteiger partial charge in [0.2, 0.25) is 0 Å². The lowest BCUT2D eigenvalue weighted by Gasteiger charge is -2.19. The van der Waals surface area contributed by atoms with Crippen LogP contribution >= 0.6 is 27.5 Å². The molecule has 3 heteroatoms. The van der Waals surface area contributed by atoms with Crippen molar-refractivity contribution in [3.05, 3.63) is 39.3 Å². The Kier molecular flexibility index (Phi) is 6.24. The summed E-state index contributed by atoms with van der Waals surface area (Å²) in [6.45, 7) is 2.24. The predicted molar refractivity (Wildman–Crippen MR) is 80.5 cm³/mol. The molecule has 0 saturated carbocycles. The highest BCUT2D eigenvalue weighted by atomic mass is 79.9. The molecular formula is C14H19BrClN. The minimum atomic E-state index is 0. The summed E-state index contributed by atoms with van der Waals surface area (Å²) >= 11 is 9.58. The maximum Gasteiger partial charge on any atom is 0.0479 e. The highest BCUT2D eigenvalue weighted by molar-refractivity contribution is 9.10. The summed E-state index contributed by atoms with van der Waals surface area (Å²) in [7, 11) is 0. The van der Waals surface area contributed by atoms with E-state index in [9.17, 15) is 0 Å². The van der Waals surface area contributed by atoms with Gasteiger partial charge in [-0.25, -0.2) is 0 Å². The second-order valence-electron chi connectivity index (χ2n) is 4.13. The average Bonchev–Trinajstić information content (AvgIpc) is 2.32. The first-order valence-corrected chi connectivity index (χ1v) is 6.77. The molecular weight excluding hydrogens is 298 g/mol. The molecule has 17 heavy (non-hydrogen) atoms. The normalized spacial score (nSPS) is 20.2. The van der Waals surface area contributed by atoms with Gasteiger partial charge in [0.15, 0.2) is 0 Å². The zero-order valence-corrected chi connectivity index (χ0v) is 11.4. The van der Waals surface area contributed by atoms with Crippen molar-refractivity contribution in [2.45, 2.75) is 20.3 Å². The van der Waals surface area contributed by atoms with Crippen molar-refractivity contribution in [3.63, 3.8) is 0 Å². The summed E-state index contributed by atoms with van der Waals surface area (Å²) in [6.07, 6.45) is 6.93. The summed E-state index contributed by atoms with van der Waals surface area (Å²) in [4.78, 5) is 0. The van der Waals surface area contributed by atoms with E-state index in [2.05, 4.69) is 39.5 Å². The van der Waals surface area contributed by atoms with E-state index in [0.29, 0.717) is 5.92 Å². The van der Waals surface area contributed by atoms with Crippen molar-refractivity contribution in [2.75, 3.05) is 13.1 Å². The van der Waals surface area contributed by atoms with Gasteiger partial charge in [-0.05, 0) is 49.1 Å². The van der Waals surface area contributed by atoms with E-state index in [1.807, 2.05) is 12.1 Å². The van der Waals surface area contributed by atoms with Crippen LogP contribution in [0, 0.1) is 5.92 Å². The molecule has 1 aromatic rings. The number of nitrogens with one attached hydrogen (secondary N) is 1. The molecule has 0 radical (unpaired) electrons. The zero-order chi connectivity index (χ0) is 11.4. The lowest BCUT2D eigenvalue weighted by Crippen LogP contribution is -2.28. The quantitative estimate of drug-likeness (QED) is 0.830. The van der Waals surface area contributed by atoms with Crippen LogP contribution < -0.4 is 5.32 Å². The molecule has 1 aromatic carbocycles. The Balaban J connectivity index is 0.00000144. The average molecular weight is 317 g/mol. The zero-order valence-electron chi connectivity index (χ0n) is 9.05. The van der Waals surface area contributed by atoms with Crippen LogP contribution in [-0.4, -0.2) is 13.1 Å². The third kappa shape index (κ3) is 4.46. The number of hydrogen-bond acceptors (Lipinski definition) is 1. The lowest BCUT2D eigenvalue weighted by atomic mass is 9.98. The molecule has 1 atom stereocenters. The fraction of sp³-hybridized carbons (Fsp3) is 0.429. The topological polar surface area (TPSA) is 12.0 Å². The van der Waals surface area contributed by atoms with Crippen molar-refractivity contribution in [1.82, 2.24) is 5.32 Å². The Morgan fingerprint density at radius 1 is 1.41 bits per heavy atom. The van der Waals surface area contributed by atoms with Crippen molar-refractivity contribution >= 4 is 33.6 Å². The summed E-state index contributed by atoms with van der Waals surface area (Å²) in [5, 5.41) is 4.21. The van der Waals surface area contributed by atoms with Gasteiger partial charge in [0.25, 0.3) is 0 Å². The maximum atomic E-state index is 6.13. The van der Waals surface area contributed by atoms with Gasteiger partial charge >= 0.3 is 0 Å². The van der Waals surface area contributed by atoms with Crippen LogP contribution in [0.5, 0.6) is 0 Å². The molecule has 0 amide bonds. The Labute approximate surface area is 117 Å². The second kappa shape index (κ2) is 7.20. The van der Waals surface area contributed by atoms with Crippen LogP contribution in [0.15, 0.2) is 28.7 Å². The smallest absolute Gasteiger partial charge is 0.0479 e. The van der Waals surface area contributed by atoms with E-state index < -0.39 is 0 Å². The largest absolute Gasteiger partial charge is 0.316 e. The molecule has 0 spiro atoms. The Morgan fingerprint density at radius 3 is 2.94 bits per heavy atom. The van der Waals surface area contributed by atoms with Crippen LogP contribution in [0.3, 0.4) is 0 Å². The Bertz CT molecular complexity index is 384. The van der Waals surface area contributed by atoms with E-state index in [1.165, 1.54) is 12.8 Å². The van der Waals surface area contributed by atoms with Crippen LogP contribution in [0.25, 0.3) is 6.08 Å². The molecule has 1 aliphatic heterocycles. The van der Waals surface area contributed by atoms with Crippen LogP contribution in [-0.2, 0) is 0 Å². The van der Waals surface area contributed by atoms with Crippen molar-refractivity contribution < 1.29 is 0 Å². The monoisotopic (exact) mass is 315 g/mol. The summed E-state index contributed by atoms with van der Waals surface area (Å²) in [5.41, 5.74) is 1.08. The number of benzene rings is 1. The summed E-state index contributed by atoms with van der Waals surface area (Å²) in [6, 6.07) is 5.93. The molecule has 1 aliphatic rings. The fourth-order valence-electron chi connectivity index (χ4n) is 1.93. The van der Waals surface area contributed by atoms with Gasteiger partial charge in [-0.2, -0.15) is 0 Å². The van der Waals surface area contributed by atoms with E-state index >= 15 is 0 Å². The first-order chi connectivity index (χ1) is 7.75.